The molecule has 4 aromatic rings. The number of nitrogens with one attached hydrogen (secondary N) is 3. The highest BCUT2D eigenvalue weighted by atomic mass is 19.1. The lowest BCUT2D eigenvalue weighted by molar-refractivity contribution is 0.228. The van der Waals surface area contributed by atoms with Gasteiger partial charge in [0.2, 0.25) is 0 Å². The van der Waals surface area contributed by atoms with Crippen LogP contribution in [0.4, 0.5) is 4.39 Å². The molecule has 8 heteroatoms. The molecule has 1 saturated heterocycles. The maximum absolute atomic E-state index is 14.1. The summed E-state index contributed by atoms with van der Waals surface area (Å²) in [4.78, 5) is 10.9. The predicted octanol–water partition coefficient (Wildman–Crippen LogP) is 4.14. The van der Waals surface area contributed by atoms with Gasteiger partial charge in [-0.15, -0.1) is 0 Å². The van der Waals surface area contributed by atoms with Crippen LogP contribution in [0.3, 0.4) is 0 Å². The van der Waals surface area contributed by atoms with Gasteiger partial charge in [0.05, 0.1) is 16.9 Å². The number of aryl methyl sites for hydroxylation is 1. The fourth-order valence-corrected chi connectivity index (χ4v) is 5.38. The minimum Gasteiger partial charge on any atom is -0.505 e. The molecule has 2 aromatic carbocycles. The van der Waals surface area contributed by atoms with E-state index in [2.05, 4.69) is 25.4 Å². The van der Waals surface area contributed by atoms with Crippen LogP contribution in [0.1, 0.15) is 36.7 Å². The molecule has 1 atom stereocenters. The summed E-state index contributed by atoms with van der Waals surface area (Å²) in [6, 6.07) is 9.48. The van der Waals surface area contributed by atoms with Gasteiger partial charge in [0, 0.05) is 37.5 Å². The van der Waals surface area contributed by atoms with Crippen LogP contribution < -0.4 is 5.32 Å². The Labute approximate surface area is 197 Å². The Hall–Kier alpha value is -3.23. The molecule has 0 radical (unpaired) electrons. The molecular weight excluding hydrogens is 431 g/mol. The second kappa shape index (κ2) is 8.52. The maximum atomic E-state index is 14.1. The van der Waals surface area contributed by atoms with Gasteiger partial charge in [-0.25, -0.2) is 9.37 Å². The van der Waals surface area contributed by atoms with E-state index in [1.54, 1.807) is 0 Å². The molecule has 0 amide bonds. The van der Waals surface area contributed by atoms with Crippen molar-refractivity contribution in [2.75, 3.05) is 19.6 Å². The van der Waals surface area contributed by atoms with E-state index in [1.165, 1.54) is 30.7 Å². The number of H-pyrrole nitrogens is 2. The first-order chi connectivity index (χ1) is 16.6. The van der Waals surface area contributed by atoms with Gasteiger partial charge in [-0.1, -0.05) is 13.0 Å². The van der Waals surface area contributed by atoms with Crippen molar-refractivity contribution in [3.8, 4) is 28.4 Å². The fraction of sp³-hybridized carbons (Fsp3) is 0.385. The van der Waals surface area contributed by atoms with Gasteiger partial charge < -0.3 is 15.4 Å². The number of hydrogen-bond acceptors (Lipinski definition) is 5. The van der Waals surface area contributed by atoms with Crippen LogP contribution in [-0.4, -0.2) is 55.8 Å². The maximum Gasteiger partial charge on any atom is 0.165 e. The third-order valence-electron chi connectivity index (χ3n) is 7.20. The van der Waals surface area contributed by atoms with E-state index in [-0.39, 0.29) is 5.75 Å². The number of fused-ring (bicyclic) bond motifs is 2. The molecule has 4 heterocycles. The smallest absolute Gasteiger partial charge is 0.165 e. The summed E-state index contributed by atoms with van der Waals surface area (Å²) in [5.74, 6) is -0.142. The molecule has 4 N–H and O–H groups in total. The summed E-state index contributed by atoms with van der Waals surface area (Å²) in [5.41, 5.74) is 6.53. The van der Waals surface area contributed by atoms with Crippen LogP contribution in [0.25, 0.3) is 33.5 Å². The van der Waals surface area contributed by atoms with Gasteiger partial charge in [0.25, 0.3) is 0 Å². The van der Waals surface area contributed by atoms with Crippen LogP contribution >= 0.6 is 0 Å². The Balaban J connectivity index is 1.29. The highest BCUT2D eigenvalue weighted by Gasteiger charge is 2.25. The van der Waals surface area contributed by atoms with Crippen molar-refractivity contribution in [3.05, 3.63) is 53.1 Å². The number of phenols is 1. The molecule has 7 nitrogen and oxygen atoms in total. The van der Waals surface area contributed by atoms with Gasteiger partial charge in [-0.3, -0.25) is 10.00 Å². The van der Waals surface area contributed by atoms with E-state index in [1.807, 2.05) is 25.1 Å². The summed E-state index contributed by atoms with van der Waals surface area (Å²) >= 11 is 0. The average molecular weight is 461 g/mol. The lowest BCUT2D eigenvalue weighted by Crippen LogP contribution is -2.40. The fourth-order valence-electron chi connectivity index (χ4n) is 5.38. The predicted molar refractivity (Wildman–Crippen MR) is 130 cm³/mol. The monoisotopic (exact) mass is 460 g/mol. The standard InChI is InChI=1S/C26H29FN6O/c1-2-15-11-24(34)20(27)12-19(15)16-5-6-18-22(10-16)31-32-25(18)26-29-21-7-9-33(14-23(21)30-26)13-17-4-3-8-28-17/h5-6,10-12,17,28,34H,2-4,7-9,13-14H2,1H3,(H,29,30)(H,31,32). The lowest BCUT2D eigenvalue weighted by Gasteiger charge is -2.28. The quantitative estimate of drug-likeness (QED) is 0.359. The number of aromatic amines is 2. The number of rotatable bonds is 5. The second-order valence-corrected chi connectivity index (χ2v) is 9.44. The Bertz CT molecular complexity index is 1350. The molecule has 1 fully saturated rings. The van der Waals surface area contributed by atoms with Crippen molar-refractivity contribution >= 4 is 10.9 Å². The normalized spacial score (nSPS) is 18.6. The van der Waals surface area contributed by atoms with Crippen molar-refractivity contribution in [3.63, 3.8) is 0 Å². The molecule has 2 aromatic heterocycles. The van der Waals surface area contributed by atoms with E-state index >= 15 is 0 Å². The summed E-state index contributed by atoms with van der Waals surface area (Å²) in [6.45, 7) is 6.13. The van der Waals surface area contributed by atoms with Gasteiger partial charge in [0.15, 0.2) is 17.4 Å². The summed E-state index contributed by atoms with van der Waals surface area (Å²) < 4.78 is 14.1. The first-order valence-electron chi connectivity index (χ1n) is 12.1. The zero-order valence-corrected chi connectivity index (χ0v) is 19.3. The first-order valence-corrected chi connectivity index (χ1v) is 12.1. The number of imidazole rings is 1. The SMILES string of the molecule is CCc1cc(O)c(F)cc1-c1ccc2c(-c3nc4c([nH]3)CN(CC3CCCN3)CC4)n[nH]c2c1. The number of hydrogen-bond donors (Lipinski definition) is 4. The third-order valence-corrected chi connectivity index (χ3v) is 7.20. The number of phenolic OH excluding ortho intramolecular Hbond substituents is 1. The molecule has 0 saturated carbocycles. The third kappa shape index (κ3) is 3.76. The van der Waals surface area contributed by atoms with Gasteiger partial charge in [0.1, 0.15) is 5.69 Å². The largest absolute Gasteiger partial charge is 0.505 e. The van der Waals surface area contributed by atoms with E-state index in [9.17, 15) is 9.50 Å². The molecule has 0 aliphatic carbocycles. The van der Waals surface area contributed by atoms with Crippen LogP contribution in [-0.2, 0) is 19.4 Å². The molecule has 0 spiro atoms. The van der Waals surface area contributed by atoms with E-state index in [0.29, 0.717) is 12.5 Å². The highest BCUT2D eigenvalue weighted by molar-refractivity contribution is 5.94. The van der Waals surface area contributed by atoms with E-state index in [4.69, 9.17) is 4.98 Å². The van der Waals surface area contributed by atoms with Crippen LogP contribution in [0.5, 0.6) is 5.75 Å². The Morgan fingerprint density at radius 2 is 2.15 bits per heavy atom. The Morgan fingerprint density at radius 1 is 1.24 bits per heavy atom. The number of nitrogens with zero attached hydrogens (tertiary/aromatic N) is 3. The molecular formula is C26H29FN6O. The van der Waals surface area contributed by atoms with Crippen molar-refractivity contribution in [2.45, 2.75) is 45.2 Å². The number of benzene rings is 2. The van der Waals surface area contributed by atoms with Gasteiger partial charge >= 0.3 is 0 Å². The molecule has 6 rings (SSSR count). The zero-order valence-electron chi connectivity index (χ0n) is 19.3. The van der Waals surface area contributed by atoms with E-state index < -0.39 is 5.82 Å². The first kappa shape index (κ1) is 21.3. The molecule has 176 valence electrons. The summed E-state index contributed by atoms with van der Waals surface area (Å²) in [6.07, 6.45) is 4.17. The van der Waals surface area contributed by atoms with E-state index in [0.717, 1.165) is 77.4 Å². The number of halogens is 1. The number of aromatic hydroxyl groups is 1. The topological polar surface area (TPSA) is 92.9 Å². The minimum atomic E-state index is -0.614. The molecule has 2 aliphatic heterocycles. The second-order valence-electron chi connectivity index (χ2n) is 9.44. The summed E-state index contributed by atoms with van der Waals surface area (Å²) in [5, 5.41) is 22.0. The molecule has 1 unspecified atom stereocenters. The van der Waals surface area contributed by atoms with Gasteiger partial charge in [-0.05, 0) is 66.8 Å². The van der Waals surface area contributed by atoms with Crippen LogP contribution in [0.2, 0.25) is 0 Å². The minimum absolute atomic E-state index is 0.314. The number of aromatic nitrogens is 4. The average Bonchev–Trinajstić information content (AvgIpc) is 3.59. The van der Waals surface area contributed by atoms with Crippen molar-refractivity contribution in [2.24, 2.45) is 0 Å². The molecule has 34 heavy (non-hydrogen) atoms. The van der Waals surface area contributed by atoms with Crippen molar-refractivity contribution < 1.29 is 9.50 Å². The zero-order chi connectivity index (χ0) is 23.2. The summed E-state index contributed by atoms with van der Waals surface area (Å²) in [7, 11) is 0. The lowest BCUT2D eigenvalue weighted by atomic mass is 9.96. The van der Waals surface area contributed by atoms with Crippen LogP contribution in [0.15, 0.2) is 30.3 Å². The van der Waals surface area contributed by atoms with Crippen molar-refractivity contribution in [1.82, 2.24) is 30.4 Å². The Kier molecular flexibility index (Phi) is 5.34. The van der Waals surface area contributed by atoms with Crippen LogP contribution in [0, 0.1) is 5.82 Å². The van der Waals surface area contributed by atoms with Crippen molar-refractivity contribution in [1.29, 1.82) is 0 Å². The molecule has 2 aliphatic rings. The molecule has 0 bridgehead atoms. The highest BCUT2D eigenvalue weighted by Crippen LogP contribution is 2.34. The van der Waals surface area contributed by atoms with Gasteiger partial charge in [-0.2, -0.15) is 5.10 Å². The Morgan fingerprint density at radius 3 is 2.97 bits per heavy atom.